The smallest absolute Gasteiger partial charge is 0.317 e. The Labute approximate surface area is 124 Å². The Kier molecular flexibility index (Phi) is 4.18. The summed E-state index contributed by atoms with van der Waals surface area (Å²) >= 11 is 0. The van der Waals surface area contributed by atoms with Crippen LogP contribution in [0, 0.1) is 6.92 Å². The Balaban J connectivity index is 1.98. The van der Waals surface area contributed by atoms with E-state index in [1.54, 1.807) is 20.9 Å². The van der Waals surface area contributed by atoms with Gasteiger partial charge in [0.2, 0.25) is 0 Å². The van der Waals surface area contributed by atoms with Crippen LogP contribution in [-0.4, -0.2) is 45.2 Å². The number of para-hydroxylation sites is 1. The van der Waals surface area contributed by atoms with E-state index in [1.807, 2.05) is 25.1 Å². The molecule has 1 aromatic carbocycles. The van der Waals surface area contributed by atoms with Crippen LogP contribution in [0.2, 0.25) is 0 Å². The quantitative estimate of drug-likeness (QED) is 0.803. The molecule has 0 aliphatic carbocycles. The van der Waals surface area contributed by atoms with Crippen LogP contribution >= 0.6 is 0 Å². The summed E-state index contributed by atoms with van der Waals surface area (Å²) in [6.45, 7) is 5.92. The summed E-state index contributed by atoms with van der Waals surface area (Å²) in [6, 6.07) is 5.69. The highest BCUT2D eigenvalue weighted by molar-refractivity contribution is 5.78. The minimum atomic E-state index is -0.914. The number of carbonyl (C=O) groups excluding carboxylic acids is 1. The number of benzene rings is 1. The van der Waals surface area contributed by atoms with E-state index in [-0.39, 0.29) is 12.6 Å². The van der Waals surface area contributed by atoms with Gasteiger partial charge in [-0.2, -0.15) is 0 Å². The Morgan fingerprint density at radius 2 is 2.19 bits per heavy atom. The molecule has 1 heterocycles. The molecule has 6 heteroatoms. The fraction of sp³-hybridized carbons (Fsp3) is 0.467. The Morgan fingerprint density at radius 1 is 1.48 bits per heavy atom. The summed E-state index contributed by atoms with van der Waals surface area (Å²) < 4.78 is 0. The average Bonchev–Trinajstić information content (AvgIpc) is 2.78. The van der Waals surface area contributed by atoms with Gasteiger partial charge in [0.1, 0.15) is 5.82 Å². The van der Waals surface area contributed by atoms with E-state index < -0.39 is 5.60 Å². The number of urea groups is 1. The van der Waals surface area contributed by atoms with Gasteiger partial charge >= 0.3 is 6.03 Å². The molecule has 21 heavy (non-hydrogen) atoms. The molecule has 0 bridgehead atoms. The molecule has 2 rings (SSSR count). The van der Waals surface area contributed by atoms with Crippen LogP contribution < -0.4 is 5.32 Å². The van der Waals surface area contributed by atoms with Crippen LogP contribution in [-0.2, 0) is 6.54 Å². The molecular weight excluding hydrogens is 268 g/mol. The summed E-state index contributed by atoms with van der Waals surface area (Å²) in [4.78, 5) is 21.1. The Morgan fingerprint density at radius 3 is 2.81 bits per heavy atom. The lowest BCUT2D eigenvalue weighted by Crippen LogP contribution is -2.44. The van der Waals surface area contributed by atoms with Gasteiger partial charge in [0.15, 0.2) is 0 Å². The van der Waals surface area contributed by atoms with Crippen molar-refractivity contribution < 1.29 is 9.90 Å². The van der Waals surface area contributed by atoms with Crippen molar-refractivity contribution in [3.63, 3.8) is 0 Å². The van der Waals surface area contributed by atoms with Gasteiger partial charge in [0.25, 0.3) is 0 Å². The van der Waals surface area contributed by atoms with Crippen molar-refractivity contribution in [3.8, 4) is 0 Å². The molecule has 0 saturated carbocycles. The zero-order valence-electron chi connectivity index (χ0n) is 12.9. The largest absolute Gasteiger partial charge is 0.389 e. The van der Waals surface area contributed by atoms with Gasteiger partial charge in [-0.25, -0.2) is 9.78 Å². The van der Waals surface area contributed by atoms with E-state index in [2.05, 4.69) is 15.3 Å². The molecule has 0 atom stereocenters. The lowest BCUT2D eigenvalue weighted by molar-refractivity contribution is 0.0531. The number of nitrogens with one attached hydrogen (secondary N) is 2. The second-order valence-corrected chi connectivity index (χ2v) is 5.98. The summed E-state index contributed by atoms with van der Waals surface area (Å²) in [5, 5.41) is 12.5. The molecule has 0 spiro atoms. The number of carbonyl (C=O) groups is 1. The van der Waals surface area contributed by atoms with Crippen LogP contribution in [0.5, 0.6) is 0 Å². The highest BCUT2D eigenvalue weighted by Gasteiger charge is 2.19. The van der Waals surface area contributed by atoms with Crippen LogP contribution in [0.3, 0.4) is 0 Å². The van der Waals surface area contributed by atoms with Crippen molar-refractivity contribution in [2.75, 3.05) is 13.6 Å². The van der Waals surface area contributed by atoms with Gasteiger partial charge in [-0.3, -0.25) is 0 Å². The molecule has 114 valence electrons. The molecular formula is C15H22N4O2. The third-order valence-electron chi connectivity index (χ3n) is 3.14. The SMILES string of the molecule is Cc1cccc2[nH]c(CNC(=O)N(C)CC(C)(C)O)nc12. The van der Waals surface area contributed by atoms with Crippen molar-refractivity contribution in [2.24, 2.45) is 0 Å². The first kappa shape index (κ1) is 15.3. The predicted octanol–water partition coefficient (Wildman–Crippen LogP) is 1.78. The van der Waals surface area contributed by atoms with E-state index in [0.717, 1.165) is 16.6 Å². The van der Waals surface area contributed by atoms with Gasteiger partial charge < -0.3 is 20.3 Å². The first-order chi connectivity index (χ1) is 9.76. The molecule has 0 radical (unpaired) electrons. The lowest BCUT2D eigenvalue weighted by atomic mass is 10.1. The maximum Gasteiger partial charge on any atom is 0.317 e. The number of imidazole rings is 1. The summed E-state index contributed by atoms with van der Waals surface area (Å²) in [7, 11) is 1.65. The number of hydrogen-bond acceptors (Lipinski definition) is 3. The van der Waals surface area contributed by atoms with Crippen molar-refractivity contribution in [1.29, 1.82) is 0 Å². The van der Waals surface area contributed by atoms with E-state index >= 15 is 0 Å². The molecule has 3 N–H and O–H groups in total. The third kappa shape index (κ3) is 3.95. The maximum atomic E-state index is 11.9. The summed E-state index contributed by atoms with van der Waals surface area (Å²) in [5.74, 6) is 0.712. The van der Waals surface area contributed by atoms with Crippen LogP contribution in [0.1, 0.15) is 25.2 Å². The first-order valence-corrected chi connectivity index (χ1v) is 6.92. The summed E-state index contributed by atoms with van der Waals surface area (Å²) in [5.41, 5.74) is 2.07. The van der Waals surface area contributed by atoms with Gasteiger partial charge in [-0.1, -0.05) is 12.1 Å². The number of likely N-dealkylation sites (N-methyl/N-ethyl adjacent to an activating group) is 1. The molecule has 1 aromatic heterocycles. The van der Waals surface area contributed by atoms with Crippen molar-refractivity contribution in [1.82, 2.24) is 20.2 Å². The monoisotopic (exact) mass is 290 g/mol. The van der Waals surface area contributed by atoms with E-state index in [4.69, 9.17) is 0 Å². The van der Waals surface area contributed by atoms with Gasteiger partial charge in [-0.05, 0) is 32.4 Å². The minimum Gasteiger partial charge on any atom is -0.389 e. The number of nitrogens with zero attached hydrogens (tertiary/aromatic N) is 2. The van der Waals surface area contributed by atoms with E-state index in [0.29, 0.717) is 12.4 Å². The normalized spacial score (nSPS) is 11.7. The van der Waals surface area contributed by atoms with E-state index in [1.165, 1.54) is 4.90 Å². The third-order valence-corrected chi connectivity index (χ3v) is 3.14. The van der Waals surface area contributed by atoms with Crippen molar-refractivity contribution >= 4 is 17.1 Å². The van der Waals surface area contributed by atoms with Gasteiger partial charge in [0, 0.05) is 7.05 Å². The van der Waals surface area contributed by atoms with Gasteiger partial charge in [0.05, 0.1) is 29.7 Å². The van der Waals surface area contributed by atoms with Crippen LogP contribution in [0.4, 0.5) is 4.79 Å². The zero-order chi connectivity index (χ0) is 15.6. The molecule has 0 aliphatic heterocycles. The second kappa shape index (κ2) is 5.73. The first-order valence-electron chi connectivity index (χ1n) is 6.92. The minimum absolute atomic E-state index is 0.241. The standard InChI is InChI=1S/C15H22N4O2/c1-10-6-5-7-11-13(10)18-12(17-11)8-16-14(20)19(4)9-15(2,3)21/h5-7,21H,8-9H2,1-4H3,(H,16,20)(H,17,18). The fourth-order valence-corrected chi connectivity index (χ4v) is 2.26. The maximum absolute atomic E-state index is 11.9. The molecule has 0 fully saturated rings. The number of H-pyrrole nitrogens is 1. The Bertz CT molecular complexity index is 643. The molecule has 0 unspecified atom stereocenters. The molecule has 2 amide bonds. The molecule has 6 nitrogen and oxygen atoms in total. The average molecular weight is 290 g/mol. The zero-order valence-corrected chi connectivity index (χ0v) is 12.9. The van der Waals surface area contributed by atoms with Crippen molar-refractivity contribution in [3.05, 3.63) is 29.6 Å². The number of rotatable bonds is 4. The highest BCUT2D eigenvalue weighted by Crippen LogP contribution is 2.15. The van der Waals surface area contributed by atoms with E-state index in [9.17, 15) is 9.90 Å². The summed E-state index contributed by atoms with van der Waals surface area (Å²) in [6.07, 6.45) is 0. The van der Waals surface area contributed by atoms with Crippen LogP contribution in [0.25, 0.3) is 11.0 Å². The van der Waals surface area contributed by atoms with Gasteiger partial charge in [-0.15, -0.1) is 0 Å². The Hall–Kier alpha value is -2.08. The number of aromatic nitrogens is 2. The molecule has 0 saturated heterocycles. The lowest BCUT2D eigenvalue weighted by Gasteiger charge is -2.25. The predicted molar refractivity (Wildman–Crippen MR) is 82.0 cm³/mol. The number of hydrogen-bond donors (Lipinski definition) is 3. The fourth-order valence-electron chi connectivity index (χ4n) is 2.26. The number of fused-ring (bicyclic) bond motifs is 1. The molecule has 2 aromatic rings. The second-order valence-electron chi connectivity index (χ2n) is 5.98. The van der Waals surface area contributed by atoms with Crippen molar-refractivity contribution in [2.45, 2.75) is 32.9 Å². The highest BCUT2D eigenvalue weighted by atomic mass is 16.3. The van der Waals surface area contributed by atoms with Crippen LogP contribution in [0.15, 0.2) is 18.2 Å². The number of aliphatic hydroxyl groups is 1. The number of aryl methyl sites for hydroxylation is 1. The number of aromatic amines is 1. The number of amides is 2. The molecule has 0 aliphatic rings. The topological polar surface area (TPSA) is 81.2 Å².